The van der Waals surface area contributed by atoms with Crippen LogP contribution in [0.15, 0.2) is 18.3 Å². The highest BCUT2D eigenvalue weighted by molar-refractivity contribution is 5.68. The molecule has 0 spiro atoms. The summed E-state index contributed by atoms with van der Waals surface area (Å²) in [5, 5.41) is 2.83. The lowest BCUT2D eigenvalue weighted by molar-refractivity contribution is 0.0496. The third-order valence-electron chi connectivity index (χ3n) is 2.70. The van der Waals surface area contributed by atoms with E-state index in [9.17, 15) is 4.79 Å². The van der Waals surface area contributed by atoms with Gasteiger partial charge in [0.05, 0.1) is 17.9 Å². The average Bonchev–Trinajstić information content (AvgIpc) is 2.22. The first-order valence-electron chi connectivity index (χ1n) is 6.29. The molecule has 6 heteroatoms. The summed E-state index contributed by atoms with van der Waals surface area (Å²) in [5.74, 6) is 0.872. The van der Waals surface area contributed by atoms with Gasteiger partial charge in [0, 0.05) is 13.1 Å². The summed E-state index contributed by atoms with van der Waals surface area (Å²) in [6, 6.07) is 3.80. The molecule has 0 aliphatic carbocycles. The first-order chi connectivity index (χ1) is 8.83. The monoisotopic (exact) mass is 264 g/mol. The summed E-state index contributed by atoms with van der Waals surface area (Å²) >= 11 is 0. The van der Waals surface area contributed by atoms with E-state index < -0.39 is 5.60 Å². The quantitative estimate of drug-likeness (QED) is 0.843. The highest BCUT2D eigenvalue weighted by Gasteiger charge is 2.30. The molecule has 6 nitrogen and oxygen atoms in total. The predicted molar refractivity (Wildman–Crippen MR) is 74.0 cm³/mol. The van der Waals surface area contributed by atoms with Crippen molar-refractivity contribution in [3.05, 3.63) is 18.3 Å². The molecule has 2 rings (SSSR count). The second-order valence-corrected chi connectivity index (χ2v) is 5.70. The molecule has 0 unspecified atom stereocenters. The molecule has 1 aromatic rings. The maximum Gasteiger partial charge on any atom is 0.407 e. The molecule has 1 fully saturated rings. The largest absolute Gasteiger partial charge is 0.444 e. The highest BCUT2D eigenvalue weighted by atomic mass is 16.6. The molecule has 1 aliphatic rings. The number of carbonyl (C=O) groups excluding carboxylic acids is 1. The van der Waals surface area contributed by atoms with Crippen molar-refractivity contribution in [2.45, 2.75) is 32.4 Å². The number of amides is 1. The normalized spacial score (nSPS) is 15.8. The van der Waals surface area contributed by atoms with E-state index in [4.69, 9.17) is 10.5 Å². The Morgan fingerprint density at radius 3 is 2.68 bits per heavy atom. The fraction of sp³-hybridized carbons (Fsp3) is 0.538. The number of nitrogens with two attached hydrogens (primary N) is 1. The summed E-state index contributed by atoms with van der Waals surface area (Å²) in [5.41, 5.74) is 5.76. The van der Waals surface area contributed by atoms with Gasteiger partial charge in [-0.1, -0.05) is 0 Å². The fourth-order valence-electron chi connectivity index (χ4n) is 1.82. The Kier molecular flexibility index (Phi) is 3.50. The topological polar surface area (TPSA) is 80.5 Å². The van der Waals surface area contributed by atoms with E-state index in [-0.39, 0.29) is 12.1 Å². The third kappa shape index (κ3) is 3.74. The van der Waals surface area contributed by atoms with E-state index in [1.165, 1.54) is 0 Å². The fourth-order valence-corrected chi connectivity index (χ4v) is 1.82. The number of anilines is 2. The lowest BCUT2D eigenvalue weighted by atomic mass is 10.1. The molecule has 0 aromatic carbocycles. The van der Waals surface area contributed by atoms with Crippen molar-refractivity contribution >= 4 is 17.6 Å². The number of rotatable bonds is 2. The molecule has 3 N–H and O–H groups in total. The van der Waals surface area contributed by atoms with Gasteiger partial charge in [-0.2, -0.15) is 0 Å². The number of nitrogens with one attached hydrogen (secondary N) is 1. The van der Waals surface area contributed by atoms with Crippen LogP contribution in [-0.2, 0) is 4.74 Å². The van der Waals surface area contributed by atoms with Gasteiger partial charge in [0.2, 0.25) is 0 Å². The van der Waals surface area contributed by atoms with Crippen LogP contribution in [0.3, 0.4) is 0 Å². The first kappa shape index (κ1) is 13.5. The van der Waals surface area contributed by atoms with E-state index in [0.717, 1.165) is 18.9 Å². The van der Waals surface area contributed by atoms with Crippen molar-refractivity contribution in [3.63, 3.8) is 0 Å². The van der Waals surface area contributed by atoms with Gasteiger partial charge in [-0.05, 0) is 32.9 Å². The molecule has 1 aliphatic heterocycles. The molecule has 2 heterocycles. The molecule has 104 valence electrons. The first-order valence-corrected chi connectivity index (χ1v) is 6.29. The minimum absolute atomic E-state index is 0.106. The molecule has 0 radical (unpaired) electrons. The zero-order chi connectivity index (χ0) is 14.0. The Labute approximate surface area is 112 Å². The zero-order valence-electron chi connectivity index (χ0n) is 11.5. The minimum atomic E-state index is -0.466. The lowest BCUT2D eigenvalue weighted by Gasteiger charge is -2.40. The Morgan fingerprint density at radius 2 is 2.16 bits per heavy atom. The zero-order valence-corrected chi connectivity index (χ0v) is 11.5. The molecular formula is C13H20N4O2. The van der Waals surface area contributed by atoms with Crippen LogP contribution < -0.4 is 16.0 Å². The van der Waals surface area contributed by atoms with Crippen LogP contribution in [0, 0.1) is 0 Å². The molecule has 19 heavy (non-hydrogen) atoms. The average molecular weight is 264 g/mol. The van der Waals surface area contributed by atoms with Crippen LogP contribution in [0.4, 0.5) is 16.3 Å². The van der Waals surface area contributed by atoms with E-state index >= 15 is 0 Å². The van der Waals surface area contributed by atoms with Crippen LogP contribution in [0.5, 0.6) is 0 Å². The van der Waals surface area contributed by atoms with Gasteiger partial charge >= 0.3 is 6.09 Å². The standard InChI is InChI=1S/C13H20N4O2/c1-13(2,3)19-12(18)16-10-7-17(8-10)11-5-4-9(14)6-15-11/h4-6,10H,7-8,14H2,1-3H3,(H,16,18). The Morgan fingerprint density at radius 1 is 1.47 bits per heavy atom. The Balaban J connectivity index is 1.77. The highest BCUT2D eigenvalue weighted by Crippen LogP contribution is 2.19. The summed E-state index contributed by atoms with van der Waals surface area (Å²) in [7, 11) is 0. The number of nitrogen functional groups attached to an aromatic ring is 1. The molecule has 0 bridgehead atoms. The SMILES string of the molecule is CC(C)(C)OC(=O)NC1CN(c2ccc(N)cn2)C1. The van der Waals surface area contributed by atoms with E-state index in [0.29, 0.717) is 5.69 Å². The number of carbonyl (C=O) groups is 1. The van der Waals surface area contributed by atoms with Crippen molar-refractivity contribution < 1.29 is 9.53 Å². The number of pyridine rings is 1. The van der Waals surface area contributed by atoms with Gasteiger partial charge in [0.15, 0.2) is 0 Å². The van der Waals surface area contributed by atoms with Gasteiger partial charge in [0.25, 0.3) is 0 Å². The minimum Gasteiger partial charge on any atom is -0.444 e. The van der Waals surface area contributed by atoms with Gasteiger partial charge in [-0.15, -0.1) is 0 Å². The molecule has 1 saturated heterocycles. The van der Waals surface area contributed by atoms with Crippen molar-refractivity contribution in [2.75, 3.05) is 23.7 Å². The van der Waals surface area contributed by atoms with E-state index in [1.807, 2.05) is 32.9 Å². The summed E-state index contributed by atoms with van der Waals surface area (Å²) in [4.78, 5) is 17.9. The number of nitrogens with zero attached hydrogens (tertiary/aromatic N) is 2. The Hall–Kier alpha value is -1.98. The van der Waals surface area contributed by atoms with E-state index in [1.54, 1.807) is 6.20 Å². The maximum absolute atomic E-state index is 11.6. The molecule has 0 atom stereocenters. The van der Waals surface area contributed by atoms with Crippen molar-refractivity contribution in [3.8, 4) is 0 Å². The predicted octanol–water partition coefficient (Wildman–Crippen LogP) is 1.38. The second kappa shape index (κ2) is 4.95. The summed E-state index contributed by atoms with van der Waals surface area (Å²) < 4.78 is 5.20. The molecular weight excluding hydrogens is 244 g/mol. The number of aromatic nitrogens is 1. The van der Waals surface area contributed by atoms with Gasteiger partial charge in [0.1, 0.15) is 11.4 Å². The number of ether oxygens (including phenoxy) is 1. The lowest BCUT2D eigenvalue weighted by Crippen LogP contribution is -2.60. The van der Waals surface area contributed by atoms with Crippen LogP contribution >= 0.6 is 0 Å². The van der Waals surface area contributed by atoms with Crippen molar-refractivity contribution in [1.82, 2.24) is 10.3 Å². The third-order valence-corrected chi connectivity index (χ3v) is 2.70. The maximum atomic E-state index is 11.6. The van der Waals surface area contributed by atoms with Crippen LogP contribution in [-0.4, -0.2) is 35.8 Å². The van der Waals surface area contributed by atoms with Crippen molar-refractivity contribution in [2.24, 2.45) is 0 Å². The smallest absolute Gasteiger partial charge is 0.407 e. The molecule has 1 amide bonds. The Bertz CT molecular complexity index is 447. The number of hydrogen-bond acceptors (Lipinski definition) is 5. The van der Waals surface area contributed by atoms with E-state index in [2.05, 4.69) is 15.2 Å². The van der Waals surface area contributed by atoms with Crippen LogP contribution in [0.25, 0.3) is 0 Å². The van der Waals surface area contributed by atoms with Crippen LogP contribution in [0.1, 0.15) is 20.8 Å². The van der Waals surface area contributed by atoms with Crippen LogP contribution in [0.2, 0.25) is 0 Å². The molecule has 0 saturated carbocycles. The summed E-state index contributed by atoms with van der Waals surface area (Å²) in [6.45, 7) is 7.00. The second-order valence-electron chi connectivity index (χ2n) is 5.70. The van der Waals surface area contributed by atoms with Crippen molar-refractivity contribution in [1.29, 1.82) is 0 Å². The number of hydrogen-bond donors (Lipinski definition) is 2. The van der Waals surface area contributed by atoms with Gasteiger partial charge in [-0.3, -0.25) is 0 Å². The molecule has 1 aromatic heterocycles. The number of alkyl carbamates (subject to hydrolysis) is 1. The summed E-state index contributed by atoms with van der Waals surface area (Å²) in [6.07, 6.45) is 1.26. The van der Waals surface area contributed by atoms with Gasteiger partial charge in [-0.25, -0.2) is 9.78 Å². The van der Waals surface area contributed by atoms with Gasteiger partial charge < -0.3 is 20.7 Å².